The predicted molar refractivity (Wildman–Crippen MR) is 73.1 cm³/mol. The zero-order chi connectivity index (χ0) is 14.5. The number of nitrogens with zero attached hydrogens (tertiary/aromatic N) is 3. The first-order chi connectivity index (χ1) is 9.56. The van der Waals surface area contributed by atoms with Crippen molar-refractivity contribution < 1.29 is 14.1 Å². The van der Waals surface area contributed by atoms with Crippen LogP contribution < -0.4 is 5.32 Å². The highest BCUT2D eigenvalue weighted by atomic mass is 16.5. The van der Waals surface area contributed by atoms with Crippen molar-refractivity contribution in [3.63, 3.8) is 0 Å². The third-order valence-electron chi connectivity index (χ3n) is 3.54. The van der Waals surface area contributed by atoms with Crippen molar-refractivity contribution in [2.24, 2.45) is 5.92 Å². The number of aromatic nitrogens is 1. The molecule has 0 unspecified atom stereocenters. The van der Waals surface area contributed by atoms with Gasteiger partial charge in [0.05, 0.1) is 0 Å². The third-order valence-corrected chi connectivity index (χ3v) is 3.54. The molecule has 0 aliphatic carbocycles. The predicted octanol–water partition coefficient (Wildman–Crippen LogP) is 1.40. The Morgan fingerprint density at radius 3 is 2.70 bits per heavy atom. The van der Waals surface area contributed by atoms with Gasteiger partial charge in [-0.2, -0.15) is 0 Å². The second kappa shape index (κ2) is 6.40. The van der Waals surface area contributed by atoms with Crippen LogP contribution in [-0.4, -0.2) is 54.1 Å². The first-order valence-electron chi connectivity index (χ1n) is 6.72. The summed E-state index contributed by atoms with van der Waals surface area (Å²) in [6, 6.07) is 1.43. The number of amides is 3. The SMILES string of the molecule is CN(C)C(=O)CC1CCN(C(=O)Nc2ccon2)CC1. The fraction of sp³-hybridized carbons (Fsp3) is 0.615. The van der Waals surface area contributed by atoms with E-state index < -0.39 is 0 Å². The van der Waals surface area contributed by atoms with Crippen LogP contribution in [0, 0.1) is 5.92 Å². The summed E-state index contributed by atoms with van der Waals surface area (Å²) in [5, 5.41) is 6.31. The number of nitrogens with one attached hydrogen (secondary N) is 1. The summed E-state index contributed by atoms with van der Waals surface area (Å²) in [4.78, 5) is 27.0. The summed E-state index contributed by atoms with van der Waals surface area (Å²) in [6.07, 6.45) is 3.68. The lowest BCUT2D eigenvalue weighted by Gasteiger charge is -2.31. The van der Waals surface area contributed by atoms with Crippen LogP contribution in [0.3, 0.4) is 0 Å². The summed E-state index contributed by atoms with van der Waals surface area (Å²) in [7, 11) is 3.53. The van der Waals surface area contributed by atoms with Gasteiger partial charge < -0.3 is 14.3 Å². The number of anilines is 1. The smallest absolute Gasteiger partial charge is 0.323 e. The van der Waals surface area contributed by atoms with E-state index in [-0.39, 0.29) is 11.9 Å². The van der Waals surface area contributed by atoms with Gasteiger partial charge in [0, 0.05) is 39.7 Å². The van der Waals surface area contributed by atoms with Crippen LogP contribution in [0.2, 0.25) is 0 Å². The molecule has 0 aromatic carbocycles. The second-order valence-corrected chi connectivity index (χ2v) is 5.24. The summed E-state index contributed by atoms with van der Waals surface area (Å²) >= 11 is 0. The Morgan fingerprint density at radius 2 is 2.15 bits per heavy atom. The summed E-state index contributed by atoms with van der Waals surface area (Å²) in [6.45, 7) is 1.32. The van der Waals surface area contributed by atoms with Gasteiger partial charge in [0.25, 0.3) is 0 Å². The van der Waals surface area contributed by atoms with Gasteiger partial charge in [-0.3, -0.25) is 10.1 Å². The number of hydrogen-bond acceptors (Lipinski definition) is 4. The van der Waals surface area contributed by atoms with Gasteiger partial charge in [0.1, 0.15) is 6.26 Å². The summed E-state index contributed by atoms with van der Waals surface area (Å²) in [5.74, 6) is 0.927. The van der Waals surface area contributed by atoms with Crippen molar-refractivity contribution in [2.45, 2.75) is 19.3 Å². The monoisotopic (exact) mass is 280 g/mol. The van der Waals surface area contributed by atoms with Crippen LogP contribution in [0.15, 0.2) is 16.9 Å². The molecule has 1 N–H and O–H groups in total. The molecule has 110 valence electrons. The molecule has 7 nitrogen and oxygen atoms in total. The lowest BCUT2D eigenvalue weighted by molar-refractivity contribution is -0.129. The number of piperidine rings is 1. The molecule has 1 aliphatic heterocycles. The van der Waals surface area contributed by atoms with E-state index in [1.807, 2.05) is 0 Å². The fourth-order valence-electron chi connectivity index (χ4n) is 2.24. The molecule has 0 spiro atoms. The number of urea groups is 1. The van der Waals surface area contributed by atoms with Gasteiger partial charge in [0.2, 0.25) is 5.91 Å². The van der Waals surface area contributed by atoms with Gasteiger partial charge in [-0.15, -0.1) is 0 Å². The average molecular weight is 280 g/mol. The Kier molecular flexibility index (Phi) is 4.60. The zero-order valence-electron chi connectivity index (χ0n) is 11.8. The molecular formula is C13H20N4O3. The molecule has 1 saturated heterocycles. The minimum absolute atomic E-state index is 0.149. The van der Waals surface area contributed by atoms with Crippen molar-refractivity contribution >= 4 is 17.8 Å². The van der Waals surface area contributed by atoms with Gasteiger partial charge in [-0.25, -0.2) is 4.79 Å². The molecule has 7 heteroatoms. The van der Waals surface area contributed by atoms with Crippen LogP contribution >= 0.6 is 0 Å². The average Bonchev–Trinajstić information content (AvgIpc) is 2.92. The Balaban J connectivity index is 1.76. The highest BCUT2D eigenvalue weighted by molar-refractivity contribution is 5.88. The maximum Gasteiger partial charge on any atom is 0.323 e. The number of rotatable bonds is 3. The van der Waals surface area contributed by atoms with E-state index in [1.54, 1.807) is 30.0 Å². The summed E-state index contributed by atoms with van der Waals surface area (Å²) in [5.41, 5.74) is 0. The molecule has 1 aromatic rings. The van der Waals surface area contributed by atoms with E-state index >= 15 is 0 Å². The van der Waals surface area contributed by atoms with E-state index in [9.17, 15) is 9.59 Å². The van der Waals surface area contributed by atoms with E-state index in [4.69, 9.17) is 0 Å². The number of hydrogen-bond donors (Lipinski definition) is 1. The number of carbonyl (C=O) groups excluding carboxylic acids is 2. The molecule has 1 aromatic heterocycles. The molecule has 3 amide bonds. The molecule has 0 bridgehead atoms. The molecular weight excluding hydrogens is 260 g/mol. The third kappa shape index (κ3) is 3.72. The molecule has 2 heterocycles. The standard InChI is InChI=1S/C13H20N4O3/c1-16(2)12(18)9-10-3-6-17(7-4-10)13(19)14-11-5-8-20-15-11/h5,8,10H,3-4,6-7,9H2,1-2H3,(H,14,15,19). The highest BCUT2D eigenvalue weighted by Crippen LogP contribution is 2.21. The molecule has 0 radical (unpaired) electrons. The summed E-state index contributed by atoms with van der Waals surface area (Å²) < 4.78 is 4.66. The van der Waals surface area contributed by atoms with Crippen LogP contribution in [0.5, 0.6) is 0 Å². The van der Waals surface area contributed by atoms with Crippen molar-refractivity contribution in [3.8, 4) is 0 Å². The van der Waals surface area contributed by atoms with Crippen molar-refractivity contribution in [1.29, 1.82) is 0 Å². The molecule has 0 atom stereocenters. The Bertz CT molecular complexity index is 450. The normalized spacial score (nSPS) is 16.0. The lowest BCUT2D eigenvalue weighted by atomic mass is 9.93. The fourth-order valence-corrected chi connectivity index (χ4v) is 2.24. The quantitative estimate of drug-likeness (QED) is 0.907. The van der Waals surface area contributed by atoms with Crippen molar-refractivity contribution in [2.75, 3.05) is 32.5 Å². The van der Waals surface area contributed by atoms with E-state index in [2.05, 4.69) is 15.0 Å². The topological polar surface area (TPSA) is 78.7 Å². The van der Waals surface area contributed by atoms with E-state index in [1.165, 1.54) is 6.26 Å². The lowest BCUT2D eigenvalue weighted by Crippen LogP contribution is -2.41. The van der Waals surface area contributed by atoms with Gasteiger partial charge in [-0.05, 0) is 18.8 Å². The Morgan fingerprint density at radius 1 is 1.45 bits per heavy atom. The van der Waals surface area contributed by atoms with E-state index in [0.717, 1.165) is 12.8 Å². The second-order valence-electron chi connectivity index (χ2n) is 5.24. The Labute approximate surface area is 117 Å². The molecule has 1 aliphatic rings. The van der Waals surface area contributed by atoms with Crippen LogP contribution in [0.25, 0.3) is 0 Å². The van der Waals surface area contributed by atoms with Crippen LogP contribution in [0.4, 0.5) is 10.6 Å². The largest absolute Gasteiger partial charge is 0.363 e. The maximum absolute atomic E-state index is 12.0. The van der Waals surface area contributed by atoms with Crippen molar-refractivity contribution in [1.82, 2.24) is 15.0 Å². The van der Waals surface area contributed by atoms with Crippen LogP contribution in [0.1, 0.15) is 19.3 Å². The Hall–Kier alpha value is -2.05. The van der Waals surface area contributed by atoms with E-state index in [0.29, 0.717) is 31.2 Å². The highest BCUT2D eigenvalue weighted by Gasteiger charge is 2.25. The number of carbonyl (C=O) groups is 2. The van der Waals surface area contributed by atoms with Gasteiger partial charge in [0.15, 0.2) is 5.82 Å². The maximum atomic E-state index is 12.0. The van der Waals surface area contributed by atoms with Crippen LogP contribution in [-0.2, 0) is 4.79 Å². The first-order valence-corrected chi connectivity index (χ1v) is 6.72. The molecule has 1 fully saturated rings. The minimum Gasteiger partial charge on any atom is -0.363 e. The van der Waals surface area contributed by atoms with Gasteiger partial charge >= 0.3 is 6.03 Å². The van der Waals surface area contributed by atoms with Gasteiger partial charge in [-0.1, -0.05) is 5.16 Å². The first kappa shape index (κ1) is 14.4. The molecule has 0 saturated carbocycles. The molecule has 2 rings (SSSR count). The minimum atomic E-state index is -0.170. The van der Waals surface area contributed by atoms with Crippen molar-refractivity contribution in [3.05, 3.63) is 12.3 Å². The molecule has 20 heavy (non-hydrogen) atoms. The number of likely N-dealkylation sites (tertiary alicyclic amines) is 1. The zero-order valence-corrected chi connectivity index (χ0v) is 11.8.